The molecule has 0 spiro atoms. The van der Waals surface area contributed by atoms with Gasteiger partial charge in [0.05, 0.1) is 0 Å². The van der Waals surface area contributed by atoms with E-state index in [1.165, 1.54) is 21.9 Å². The fourth-order valence-corrected chi connectivity index (χ4v) is 3.37. The molecule has 0 radical (unpaired) electrons. The predicted molar refractivity (Wildman–Crippen MR) is 134 cm³/mol. The van der Waals surface area contributed by atoms with Gasteiger partial charge in [0.2, 0.25) is 0 Å². The Labute approximate surface area is 185 Å². The van der Waals surface area contributed by atoms with Crippen LogP contribution in [0.4, 0.5) is 0 Å². The van der Waals surface area contributed by atoms with Gasteiger partial charge in [-0.2, -0.15) is 0 Å². The van der Waals surface area contributed by atoms with Gasteiger partial charge in [-0.05, 0) is 98.5 Å². The van der Waals surface area contributed by atoms with E-state index >= 15 is 0 Å². The molecule has 0 bridgehead atoms. The van der Waals surface area contributed by atoms with Crippen LogP contribution in [0.1, 0.15) is 105 Å². The highest BCUT2D eigenvalue weighted by molar-refractivity contribution is 5.93. The van der Waals surface area contributed by atoms with Gasteiger partial charge >= 0.3 is 0 Å². The van der Waals surface area contributed by atoms with Crippen molar-refractivity contribution in [2.24, 2.45) is 10.8 Å². The lowest BCUT2D eigenvalue weighted by Crippen LogP contribution is -2.16. The first kappa shape index (κ1) is 24.1. The van der Waals surface area contributed by atoms with E-state index in [0.717, 1.165) is 11.1 Å². The van der Waals surface area contributed by atoms with Crippen molar-refractivity contribution in [1.82, 2.24) is 0 Å². The highest BCUT2D eigenvalue weighted by atomic mass is 14.3. The second-order valence-electron chi connectivity index (χ2n) is 12.6. The van der Waals surface area contributed by atoms with Gasteiger partial charge in [0, 0.05) is 22.0 Å². The van der Waals surface area contributed by atoms with Crippen LogP contribution in [0.25, 0.3) is 10.8 Å². The summed E-state index contributed by atoms with van der Waals surface area (Å²) >= 11 is 0. The Morgan fingerprint density at radius 3 is 1.00 bits per heavy atom. The van der Waals surface area contributed by atoms with Gasteiger partial charge in [-0.15, -0.1) is 0 Å². The molecule has 0 aliphatic carbocycles. The molecular formula is C30H40. The molecule has 0 atom stereocenters. The average molecular weight is 401 g/mol. The Balaban J connectivity index is 2.97. The molecule has 160 valence electrons. The lowest BCUT2D eigenvalue weighted by atomic mass is 9.77. The first-order chi connectivity index (χ1) is 13.4. The molecule has 0 fully saturated rings. The Morgan fingerprint density at radius 2 is 0.767 bits per heavy atom. The highest BCUT2D eigenvalue weighted by Gasteiger charge is 2.23. The van der Waals surface area contributed by atoms with E-state index in [2.05, 4.69) is 131 Å². The van der Waals surface area contributed by atoms with E-state index in [1.54, 1.807) is 0 Å². The fourth-order valence-electron chi connectivity index (χ4n) is 3.37. The minimum Gasteiger partial charge on any atom is -0.0920 e. The van der Waals surface area contributed by atoms with E-state index in [4.69, 9.17) is 0 Å². The smallest absolute Gasteiger partial charge is 0.0254 e. The number of hydrogen-bond donors (Lipinski definition) is 0. The Bertz CT molecular complexity index is 969. The molecule has 2 rings (SSSR count). The SMILES string of the molecule is CC(C)(C)C#Cc1cc(C(C)(C)C)c2cc(C#CC(C)(C)C)cc(C(C)(C)C)c2c1. The van der Waals surface area contributed by atoms with Crippen molar-refractivity contribution in [3.8, 4) is 23.7 Å². The third-order valence-electron chi connectivity index (χ3n) is 4.85. The lowest BCUT2D eigenvalue weighted by Gasteiger charge is -2.27. The van der Waals surface area contributed by atoms with Crippen LogP contribution in [0, 0.1) is 34.5 Å². The second kappa shape index (κ2) is 7.82. The molecule has 0 saturated carbocycles. The van der Waals surface area contributed by atoms with Crippen LogP contribution < -0.4 is 0 Å². The Morgan fingerprint density at radius 1 is 0.467 bits per heavy atom. The number of benzene rings is 2. The third-order valence-corrected chi connectivity index (χ3v) is 4.85. The van der Waals surface area contributed by atoms with Crippen molar-refractivity contribution in [2.45, 2.75) is 93.9 Å². The summed E-state index contributed by atoms with van der Waals surface area (Å²) in [6.07, 6.45) is 0. The van der Waals surface area contributed by atoms with Crippen molar-refractivity contribution < 1.29 is 0 Å². The average Bonchev–Trinajstić information content (AvgIpc) is 2.53. The Hall–Kier alpha value is -2.18. The molecule has 0 N–H and O–H groups in total. The molecule has 0 nitrogen and oxygen atoms in total. The highest BCUT2D eigenvalue weighted by Crippen LogP contribution is 2.37. The van der Waals surface area contributed by atoms with Crippen LogP contribution >= 0.6 is 0 Å². The van der Waals surface area contributed by atoms with Gasteiger partial charge in [-0.25, -0.2) is 0 Å². The Kier molecular flexibility index (Phi) is 6.28. The largest absolute Gasteiger partial charge is 0.0920 e. The lowest BCUT2D eigenvalue weighted by molar-refractivity contribution is 0.570. The molecule has 0 aliphatic heterocycles. The number of hydrogen-bond acceptors (Lipinski definition) is 0. The minimum atomic E-state index is -0.0177. The van der Waals surface area contributed by atoms with Crippen molar-refractivity contribution in [3.05, 3.63) is 46.5 Å². The molecule has 30 heavy (non-hydrogen) atoms. The molecule has 0 aliphatic rings. The molecular weight excluding hydrogens is 360 g/mol. The second-order valence-corrected chi connectivity index (χ2v) is 12.6. The fraction of sp³-hybridized carbons (Fsp3) is 0.533. The maximum atomic E-state index is 3.45. The predicted octanol–water partition coefficient (Wildman–Crippen LogP) is 8.23. The van der Waals surface area contributed by atoms with Crippen molar-refractivity contribution in [2.75, 3.05) is 0 Å². The number of rotatable bonds is 0. The monoisotopic (exact) mass is 400 g/mol. The molecule has 0 aromatic heterocycles. The third kappa shape index (κ3) is 6.41. The van der Waals surface area contributed by atoms with E-state index in [0.29, 0.717) is 0 Å². The summed E-state index contributed by atoms with van der Waals surface area (Å²) in [5.74, 6) is 13.7. The molecule has 2 aromatic rings. The summed E-state index contributed by atoms with van der Waals surface area (Å²) in [7, 11) is 0. The van der Waals surface area contributed by atoms with Gasteiger partial charge in [-0.3, -0.25) is 0 Å². The summed E-state index contributed by atoms with van der Waals surface area (Å²) < 4.78 is 0. The van der Waals surface area contributed by atoms with Gasteiger partial charge < -0.3 is 0 Å². The van der Waals surface area contributed by atoms with Gasteiger partial charge in [0.25, 0.3) is 0 Å². The van der Waals surface area contributed by atoms with Crippen LogP contribution in [0.2, 0.25) is 0 Å². The molecule has 0 amide bonds. The number of fused-ring (bicyclic) bond motifs is 1. The minimum absolute atomic E-state index is 0.0168. The van der Waals surface area contributed by atoms with Crippen LogP contribution in [0.3, 0.4) is 0 Å². The van der Waals surface area contributed by atoms with Crippen LogP contribution in [0.15, 0.2) is 24.3 Å². The van der Waals surface area contributed by atoms with Crippen LogP contribution in [0.5, 0.6) is 0 Å². The van der Waals surface area contributed by atoms with Gasteiger partial charge in [-0.1, -0.05) is 65.2 Å². The topological polar surface area (TPSA) is 0 Å². The summed E-state index contributed by atoms with van der Waals surface area (Å²) in [4.78, 5) is 0. The molecule has 0 saturated heterocycles. The first-order valence-corrected chi connectivity index (χ1v) is 11.1. The zero-order valence-electron chi connectivity index (χ0n) is 21.3. The quantitative estimate of drug-likeness (QED) is 0.391. The van der Waals surface area contributed by atoms with E-state index in [9.17, 15) is 0 Å². The maximum absolute atomic E-state index is 3.45. The van der Waals surface area contributed by atoms with Crippen LogP contribution in [-0.2, 0) is 10.8 Å². The normalized spacial score (nSPS) is 12.8. The van der Waals surface area contributed by atoms with Gasteiger partial charge in [0.1, 0.15) is 0 Å². The van der Waals surface area contributed by atoms with Crippen molar-refractivity contribution >= 4 is 10.8 Å². The summed E-state index contributed by atoms with van der Waals surface area (Å²) in [6, 6.07) is 9.14. The van der Waals surface area contributed by atoms with E-state index in [-0.39, 0.29) is 21.7 Å². The van der Waals surface area contributed by atoms with Gasteiger partial charge in [0.15, 0.2) is 0 Å². The zero-order chi connectivity index (χ0) is 23.1. The van der Waals surface area contributed by atoms with Crippen molar-refractivity contribution in [1.29, 1.82) is 0 Å². The van der Waals surface area contributed by atoms with Crippen LogP contribution in [-0.4, -0.2) is 0 Å². The summed E-state index contributed by atoms with van der Waals surface area (Å²) in [5, 5.41) is 2.60. The molecule has 0 heterocycles. The van der Waals surface area contributed by atoms with Crippen molar-refractivity contribution in [3.63, 3.8) is 0 Å². The summed E-state index contributed by atoms with van der Waals surface area (Å²) in [6.45, 7) is 26.7. The first-order valence-electron chi connectivity index (χ1n) is 11.1. The molecule has 2 aromatic carbocycles. The molecule has 0 unspecified atom stereocenters. The standard InChI is InChI=1S/C30H40/c1-27(2,3)15-13-21-17-23-24(25(19-21)29(7,8)9)18-22(14-16-28(4,5)6)20-26(23)30(10,11)12/h17-20H,1-12H3. The van der Waals surface area contributed by atoms with E-state index in [1.807, 2.05) is 0 Å². The zero-order valence-corrected chi connectivity index (χ0v) is 21.3. The maximum Gasteiger partial charge on any atom is 0.0254 e. The summed E-state index contributed by atoms with van der Waals surface area (Å²) in [5.41, 5.74) is 4.87. The van der Waals surface area contributed by atoms with E-state index < -0.39 is 0 Å². The molecule has 0 heteroatoms.